The first-order chi connectivity index (χ1) is 10.9. The van der Waals surface area contributed by atoms with Crippen LogP contribution in [0.1, 0.15) is 25.3 Å². The molecule has 0 radical (unpaired) electrons. The molecule has 23 heavy (non-hydrogen) atoms. The minimum Gasteiger partial charge on any atom is -0.493 e. The van der Waals surface area contributed by atoms with Crippen molar-refractivity contribution >= 4 is 5.91 Å². The minimum absolute atomic E-state index is 0.0106. The first-order valence-electron chi connectivity index (χ1n) is 8.01. The standard InChI is InChI=1S/C18H22N2O3/c1-18(2)12-9-22-13-8-6-5-7-11(13)14(12)15-16(21)19(3)10-20(4)17(15)23-18/h5-8,12,14H,9-10H2,1-4H3/t12-,14-/m1/s1. The summed E-state index contributed by atoms with van der Waals surface area (Å²) in [5.41, 5.74) is 1.47. The second kappa shape index (κ2) is 4.66. The largest absolute Gasteiger partial charge is 0.493 e. The average Bonchev–Trinajstić information content (AvgIpc) is 2.52. The van der Waals surface area contributed by atoms with Crippen LogP contribution in [0.2, 0.25) is 0 Å². The van der Waals surface area contributed by atoms with E-state index in [0.717, 1.165) is 22.8 Å². The molecule has 0 saturated carbocycles. The molecule has 1 aromatic carbocycles. The van der Waals surface area contributed by atoms with Gasteiger partial charge in [0.05, 0.1) is 18.8 Å². The Morgan fingerprint density at radius 2 is 1.91 bits per heavy atom. The highest BCUT2D eigenvalue weighted by Crippen LogP contribution is 2.52. The maximum absolute atomic E-state index is 12.9. The number of rotatable bonds is 0. The number of benzene rings is 1. The van der Waals surface area contributed by atoms with Crippen molar-refractivity contribution in [2.45, 2.75) is 25.4 Å². The molecule has 0 aromatic heterocycles. The highest BCUT2D eigenvalue weighted by molar-refractivity contribution is 5.96. The van der Waals surface area contributed by atoms with Gasteiger partial charge in [0.15, 0.2) is 0 Å². The third-order valence-electron chi connectivity index (χ3n) is 5.22. The van der Waals surface area contributed by atoms with E-state index >= 15 is 0 Å². The van der Waals surface area contributed by atoms with Crippen LogP contribution in [-0.4, -0.2) is 48.7 Å². The van der Waals surface area contributed by atoms with Crippen molar-refractivity contribution in [1.82, 2.24) is 9.80 Å². The zero-order valence-corrected chi connectivity index (χ0v) is 14.0. The highest BCUT2D eigenvalue weighted by Gasteiger charge is 2.53. The monoisotopic (exact) mass is 314 g/mol. The van der Waals surface area contributed by atoms with Gasteiger partial charge in [-0.3, -0.25) is 4.79 Å². The van der Waals surface area contributed by atoms with Gasteiger partial charge in [0.1, 0.15) is 11.4 Å². The lowest BCUT2D eigenvalue weighted by Crippen LogP contribution is -2.55. The first-order valence-corrected chi connectivity index (χ1v) is 8.01. The Bertz CT molecular complexity index is 710. The van der Waals surface area contributed by atoms with E-state index in [1.165, 1.54) is 0 Å². The van der Waals surface area contributed by atoms with E-state index in [4.69, 9.17) is 9.47 Å². The number of hydrogen-bond donors (Lipinski definition) is 0. The Hall–Kier alpha value is -2.17. The predicted octanol–water partition coefficient (Wildman–Crippen LogP) is 2.16. The van der Waals surface area contributed by atoms with Crippen molar-refractivity contribution in [2.75, 3.05) is 27.4 Å². The molecule has 0 fully saturated rings. The summed E-state index contributed by atoms with van der Waals surface area (Å²) in [6.45, 7) is 5.28. The number of hydrogen-bond acceptors (Lipinski definition) is 4. The van der Waals surface area contributed by atoms with Crippen LogP contribution in [0.5, 0.6) is 5.75 Å². The second-order valence-corrected chi connectivity index (χ2v) is 7.20. The van der Waals surface area contributed by atoms with Gasteiger partial charge >= 0.3 is 0 Å². The number of fused-ring (bicyclic) bond motifs is 4. The molecule has 5 heteroatoms. The normalized spacial score (nSPS) is 28.4. The van der Waals surface area contributed by atoms with E-state index < -0.39 is 0 Å². The van der Waals surface area contributed by atoms with Crippen LogP contribution in [-0.2, 0) is 9.53 Å². The van der Waals surface area contributed by atoms with E-state index in [1.807, 2.05) is 37.2 Å². The van der Waals surface area contributed by atoms with Gasteiger partial charge in [-0.1, -0.05) is 18.2 Å². The number of carbonyl (C=O) groups excluding carboxylic acids is 1. The van der Waals surface area contributed by atoms with Crippen LogP contribution in [0.3, 0.4) is 0 Å². The van der Waals surface area contributed by atoms with Gasteiger partial charge in [-0.2, -0.15) is 0 Å². The Labute approximate surface area is 136 Å². The van der Waals surface area contributed by atoms with Crippen LogP contribution in [0.15, 0.2) is 35.7 Å². The molecule has 0 bridgehead atoms. The van der Waals surface area contributed by atoms with Crippen LogP contribution in [0.25, 0.3) is 0 Å². The van der Waals surface area contributed by atoms with Crippen molar-refractivity contribution in [1.29, 1.82) is 0 Å². The summed E-state index contributed by atoms with van der Waals surface area (Å²) in [4.78, 5) is 16.7. The molecule has 3 aliphatic heterocycles. The molecule has 0 aliphatic carbocycles. The Balaban J connectivity index is 1.95. The maximum atomic E-state index is 12.9. The molecule has 0 spiro atoms. The van der Waals surface area contributed by atoms with Crippen molar-refractivity contribution in [2.24, 2.45) is 5.92 Å². The van der Waals surface area contributed by atoms with Crippen molar-refractivity contribution in [3.63, 3.8) is 0 Å². The molecule has 2 atom stereocenters. The molecule has 0 unspecified atom stereocenters. The third kappa shape index (κ3) is 1.95. The topological polar surface area (TPSA) is 42.0 Å². The number of nitrogens with zero attached hydrogens (tertiary/aromatic N) is 2. The molecule has 122 valence electrons. The molecule has 0 N–H and O–H groups in total. The molecule has 5 nitrogen and oxygen atoms in total. The van der Waals surface area contributed by atoms with Crippen LogP contribution < -0.4 is 4.74 Å². The van der Waals surface area contributed by atoms with Gasteiger partial charge in [0.25, 0.3) is 5.91 Å². The van der Waals surface area contributed by atoms with Gasteiger partial charge in [-0.25, -0.2) is 0 Å². The highest BCUT2D eigenvalue weighted by atomic mass is 16.5. The van der Waals surface area contributed by atoms with E-state index in [-0.39, 0.29) is 23.3 Å². The van der Waals surface area contributed by atoms with Crippen LogP contribution >= 0.6 is 0 Å². The molecule has 3 aliphatic rings. The van der Waals surface area contributed by atoms with Crippen molar-refractivity contribution in [3.8, 4) is 5.75 Å². The lowest BCUT2D eigenvalue weighted by Gasteiger charge is -2.51. The number of carbonyl (C=O) groups is 1. The SMILES string of the molecule is CN1CN(C)C2=C(C1=O)[C@@H]1c3ccccc3OC[C@H]1C(C)(C)O2. The van der Waals surface area contributed by atoms with Crippen molar-refractivity contribution < 1.29 is 14.3 Å². The lowest BCUT2D eigenvalue weighted by atomic mass is 9.69. The zero-order chi connectivity index (χ0) is 16.4. The molecule has 1 aromatic rings. The van der Waals surface area contributed by atoms with Gasteiger partial charge in [0, 0.05) is 31.5 Å². The fourth-order valence-electron chi connectivity index (χ4n) is 3.99. The maximum Gasteiger partial charge on any atom is 0.256 e. The van der Waals surface area contributed by atoms with Gasteiger partial charge in [-0.05, 0) is 19.9 Å². The Kier molecular flexibility index (Phi) is 2.92. The molecule has 4 rings (SSSR count). The van der Waals surface area contributed by atoms with E-state index in [0.29, 0.717) is 13.3 Å². The molecule has 0 saturated heterocycles. The minimum atomic E-state index is -0.387. The number of likely N-dealkylation sites (N-methyl/N-ethyl adjacent to an activating group) is 1. The summed E-state index contributed by atoms with van der Waals surface area (Å²) in [6, 6.07) is 8.03. The smallest absolute Gasteiger partial charge is 0.256 e. The van der Waals surface area contributed by atoms with E-state index in [9.17, 15) is 4.79 Å². The van der Waals surface area contributed by atoms with E-state index in [2.05, 4.69) is 19.9 Å². The summed E-state index contributed by atoms with van der Waals surface area (Å²) in [5, 5.41) is 0. The van der Waals surface area contributed by atoms with Crippen LogP contribution in [0.4, 0.5) is 0 Å². The third-order valence-corrected chi connectivity index (χ3v) is 5.22. The average molecular weight is 314 g/mol. The fourth-order valence-corrected chi connectivity index (χ4v) is 3.99. The van der Waals surface area contributed by atoms with E-state index in [1.54, 1.807) is 4.90 Å². The summed E-state index contributed by atoms with van der Waals surface area (Å²) in [5.74, 6) is 1.77. The fraction of sp³-hybridized carbons (Fsp3) is 0.500. The van der Waals surface area contributed by atoms with Gasteiger partial charge in [0.2, 0.25) is 5.88 Å². The zero-order valence-electron chi connectivity index (χ0n) is 14.0. The molecule has 1 amide bonds. The number of amides is 1. The Morgan fingerprint density at radius 1 is 1.17 bits per heavy atom. The Morgan fingerprint density at radius 3 is 2.70 bits per heavy atom. The van der Waals surface area contributed by atoms with Crippen LogP contribution in [0, 0.1) is 5.92 Å². The second-order valence-electron chi connectivity index (χ2n) is 7.20. The molecular formula is C18H22N2O3. The number of ether oxygens (including phenoxy) is 2. The number of para-hydroxylation sites is 1. The summed E-state index contributed by atoms with van der Waals surface area (Å²) >= 11 is 0. The predicted molar refractivity (Wildman–Crippen MR) is 85.8 cm³/mol. The summed E-state index contributed by atoms with van der Waals surface area (Å²) in [6.07, 6.45) is 0. The van der Waals surface area contributed by atoms with Crippen molar-refractivity contribution in [3.05, 3.63) is 41.3 Å². The van der Waals surface area contributed by atoms with Gasteiger partial charge < -0.3 is 19.3 Å². The summed E-state index contributed by atoms with van der Waals surface area (Å²) < 4.78 is 12.2. The van der Waals surface area contributed by atoms with Gasteiger partial charge in [-0.15, -0.1) is 0 Å². The molecular weight excluding hydrogens is 292 g/mol. The first kappa shape index (κ1) is 14.4. The summed E-state index contributed by atoms with van der Waals surface area (Å²) in [7, 11) is 3.81. The lowest BCUT2D eigenvalue weighted by molar-refractivity contribution is -0.141. The quantitative estimate of drug-likeness (QED) is 0.736. The molecule has 3 heterocycles.